The average Bonchev–Trinajstić information content (AvgIpc) is 2.52. The molecule has 0 amide bonds. The van der Waals surface area contributed by atoms with Crippen LogP contribution in [-0.4, -0.2) is 11.7 Å². The molecular formula is C15H22O2. The Balaban J connectivity index is 2.41. The molecule has 1 aliphatic rings. The Hall–Kier alpha value is -1.02. The molecule has 1 atom stereocenters. The minimum atomic E-state index is -0.441. The highest BCUT2D eigenvalue weighted by Gasteiger charge is 2.33. The molecule has 0 bridgehead atoms. The van der Waals surface area contributed by atoms with E-state index >= 15 is 0 Å². The van der Waals surface area contributed by atoms with Gasteiger partial charge in [0.05, 0.1) is 12.7 Å². The van der Waals surface area contributed by atoms with Gasteiger partial charge < -0.3 is 9.84 Å². The molecule has 1 aromatic rings. The van der Waals surface area contributed by atoms with Crippen molar-refractivity contribution in [3.05, 3.63) is 29.3 Å². The summed E-state index contributed by atoms with van der Waals surface area (Å²) in [6.45, 7) is 11.2. The van der Waals surface area contributed by atoms with Crippen molar-refractivity contribution in [2.75, 3.05) is 6.61 Å². The molecule has 1 heterocycles. The Morgan fingerprint density at radius 2 is 1.94 bits per heavy atom. The fourth-order valence-electron chi connectivity index (χ4n) is 2.21. The summed E-state index contributed by atoms with van der Waals surface area (Å²) >= 11 is 0. The minimum absolute atomic E-state index is 0.0446. The number of fused-ring (bicyclic) bond motifs is 1. The summed E-state index contributed by atoms with van der Waals surface area (Å²) in [7, 11) is 0. The van der Waals surface area contributed by atoms with Gasteiger partial charge in [-0.25, -0.2) is 0 Å². The molecule has 94 valence electrons. The highest BCUT2D eigenvalue weighted by molar-refractivity contribution is 5.45. The predicted octanol–water partition coefficient (Wildman–Crippen LogP) is 3.44. The number of benzene rings is 1. The molecule has 0 aliphatic carbocycles. The topological polar surface area (TPSA) is 29.5 Å². The number of aliphatic hydroxyl groups is 1. The zero-order chi connectivity index (χ0) is 12.8. The highest BCUT2D eigenvalue weighted by Crippen LogP contribution is 2.41. The van der Waals surface area contributed by atoms with E-state index in [1.54, 1.807) is 0 Å². The fourth-order valence-corrected chi connectivity index (χ4v) is 2.21. The summed E-state index contributed by atoms with van der Waals surface area (Å²) in [6.07, 6.45) is -0.441. The lowest BCUT2D eigenvalue weighted by Crippen LogP contribution is -2.20. The van der Waals surface area contributed by atoms with Gasteiger partial charge in [-0.3, -0.25) is 0 Å². The van der Waals surface area contributed by atoms with Gasteiger partial charge in [0.25, 0.3) is 0 Å². The Morgan fingerprint density at radius 1 is 1.29 bits per heavy atom. The molecule has 0 aromatic heterocycles. The van der Waals surface area contributed by atoms with Gasteiger partial charge in [-0.1, -0.05) is 40.7 Å². The van der Waals surface area contributed by atoms with Crippen LogP contribution in [0.5, 0.6) is 5.75 Å². The van der Waals surface area contributed by atoms with Crippen LogP contribution in [0.15, 0.2) is 18.2 Å². The van der Waals surface area contributed by atoms with Gasteiger partial charge in [0.2, 0.25) is 0 Å². The van der Waals surface area contributed by atoms with Crippen molar-refractivity contribution in [3.63, 3.8) is 0 Å². The van der Waals surface area contributed by atoms with E-state index in [-0.39, 0.29) is 10.8 Å². The minimum Gasteiger partial charge on any atom is -0.492 e. The van der Waals surface area contributed by atoms with Crippen LogP contribution in [0.4, 0.5) is 0 Å². The second-order valence-corrected chi connectivity index (χ2v) is 6.70. The van der Waals surface area contributed by atoms with E-state index in [0.29, 0.717) is 0 Å². The van der Waals surface area contributed by atoms with Crippen LogP contribution in [0.3, 0.4) is 0 Å². The molecule has 1 N–H and O–H groups in total. The van der Waals surface area contributed by atoms with Gasteiger partial charge in [-0.2, -0.15) is 0 Å². The van der Waals surface area contributed by atoms with Gasteiger partial charge >= 0.3 is 0 Å². The first kappa shape index (κ1) is 12.4. The monoisotopic (exact) mass is 234 g/mol. The summed E-state index contributed by atoms with van der Waals surface area (Å²) in [5.74, 6) is 0.958. The molecule has 1 unspecified atom stereocenters. The van der Waals surface area contributed by atoms with Crippen LogP contribution < -0.4 is 4.74 Å². The van der Waals surface area contributed by atoms with E-state index in [1.807, 2.05) is 32.9 Å². The predicted molar refractivity (Wildman–Crippen MR) is 69.4 cm³/mol. The van der Waals surface area contributed by atoms with Crippen molar-refractivity contribution >= 4 is 0 Å². The van der Waals surface area contributed by atoms with Crippen molar-refractivity contribution in [3.8, 4) is 5.75 Å². The molecule has 0 fully saturated rings. The third kappa shape index (κ3) is 2.19. The molecule has 1 aliphatic heterocycles. The second-order valence-electron chi connectivity index (χ2n) is 6.70. The van der Waals surface area contributed by atoms with Crippen LogP contribution in [0, 0.1) is 5.41 Å². The molecule has 0 spiro atoms. The standard InChI is InChI=1S/C15H22O2/c1-14(2,3)13(16)10-6-7-12-11(8-10)15(4,5)9-17-12/h6-8,13,16H,9H2,1-5H3. The summed E-state index contributed by atoms with van der Waals surface area (Å²) in [4.78, 5) is 0. The van der Waals surface area contributed by atoms with Crippen LogP contribution in [0.1, 0.15) is 51.8 Å². The van der Waals surface area contributed by atoms with Gasteiger partial charge in [-0.05, 0) is 23.1 Å². The van der Waals surface area contributed by atoms with Crippen molar-refractivity contribution < 1.29 is 9.84 Å². The second kappa shape index (κ2) is 3.74. The van der Waals surface area contributed by atoms with E-state index in [4.69, 9.17) is 4.74 Å². The summed E-state index contributed by atoms with van der Waals surface area (Å²) < 4.78 is 5.65. The first-order chi connectivity index (χ1) is 7.72. The van der Waals surface area contributed by atoms with E-state index in [2.05, 4.69) is 19.9 Å². The maximum atomic E-state index is 10.3. The largest absolute Gasteiger partial charge is 0.492 e. The molecule has 1 aromatic carbocycles. The molecule has 2 heteroatoms. The summed E-state index contributed by atoms with van der Waals surface area (Å²) in [6, 6.07) is 6.04. The van der Waals surface area contributed by atoms with Crippen LogP contribution in [-0.2, 0) is 5.41 Å². The lowest BCUT2D eigenvalue weighted by Gasteiger charge is -2.27. The van der Waals surface area contributed by atoms with Crippen molar-refractivity contribution in [2.45, 2.75) is 46.1 Å². The molecule has 2 nitrogen and oxygen atoms in total. The van der Waals surface area contributed by atoms with Crippen LogP contribution >= 0.6 is 0 Å². The van der Waals surface area contributed by atoms with Gasteiger partial charge in [-0.15, -0.1) is 0 Å². The van der Waals surface area contributed by atoms with Gasteiger partial charge in [0.1, 0.15) is 5.75 Å². The third-order valence-electron chi connectivity index (χ3n) is 3.46. The molecule has 2 rings (SSSR count). The van der Waals surface area contributed by atoms with E-state index in [0.717, 1.165) is 17.9 Å². The van der Waals surface area contributed by atoms with Gasteiger partial charge in [0.15, 0.2) is 0 Å². The Labute approximate surface area is 104 Å². The lowest BCUT2D eigenvalue weighted by atomic mass is 9.81. The number of aliphatic hydroxyl groups excluding tert-OH is 1. The zero-order valence-corrected chi connectivity index (χ0v) is 11.4. The first-order valence-corrected chi connectivity index (χ1v) is 6.17. The van der Waals surface area contributed by atoms with E-state index in [9.17, 15) is 5.11 Å². The van der Waals surface area contributed by atoms with Crippen LogP contribution in [0.2, 0.25) is 0 Å². The summed E-state index contributed by atoms with van der Waals surface area (Å²) in [5.41, 5.74) is 2.09. The number of ether oxygens (including phenoxy) is 1. The molecule has 17 heavy (non-hydrogen) atoms. The number of hydrogen-bond acceptors (Lipinski definition) is 2. The third-order valence-corrected chi connectivity index (χ3v) is 3.46. The average molecular weight is 234 g/mol. The Bertz CT molecular complexity index is 427. The number of hydrogen-bond donors (Lipinski definition) is 1. The Morgan fingerprint density at radius 3 is 2.53 bits per heavy atom. The molecule has 0 saturated carbocycles. The number of rotatable bonds is 1. The van der Waals surface area contributed by atoms with Crippen LogP contribution in [0.25, 0.3) is 0 Å². The normalized spacial score (nSPS) is 19.6. The summed E-state index contributed by atoms with van der Waals surface area (Å²) in [5, 5.41) is 10.3. The molecule has 0 radical (unpaired) electrons. The van der Waals surface area contributed by atoms with E-state index in [1.165, 1.54) is 5.56 Å². The Kier molecular flexibility index (Phi) is 2.74. The van der Waals surface area contributed by atoms with E-state index < -0.39 is 6.10 Å². The van der Waals surface area contributed by atoms with Crippen molar-refractivity contribution in [1.82, 2.24) is 0 Å². The van der Waals surface area contributed by atoms with Crippen molar-refractivity contribution in [1.29, 1.82) is 0 Å². The zero-order valence-electron chi connectivity index (χ0n) is 11.4. The smallest absolute Gasteiger partial charge is 0.123 e. The first-order valence-electron chi connectivity index (χ1n) is 6.17. The quantitative estimate of drug-likeness (QED) is 0.806. The SMILES string of the molecule is CC1(C)COc2ccc(C(O)C(C)(C)C)cc21. The molecular weight excluding hydrogens is 212 g/mol. The molecule has 0 saturated heterocycles. The van der Waals surface area contributed by atoms with Crippen molar-refractivity contribution in [2.24, 2.45) is 5.41 Å². The lowest BCUT2D eigenvalue weighted by molar-refractivity contribution is 0.0626. The highest BCUT2D eigenvalue weighted by atomic mass is 16.5. The van der Waals surface area contributed by atoms with Gasteiger partial charge in [0, 0.05) is 11.0 Å². The fraction of sp³-hybridized carbons (Fsp3) is 0.600. The maximum absolute atomic E-state index is 10.3. The maximum Gasteiger partial charge on any atom is 0.123 e.